The van der Waals surface area contributed by atoms with E-state index >= 15 is 0 Å². The van der Waals surface area contributed by atoms with Crippen LogP contribution in [0.4, 0.5) is 0 Å². The average molecular weight is 248 g/mol. The quantitative estimate of drug-likeness (QED) is 0.620. The van der Waals surface area contributed by atoms with Crippen molar-refractivity contribution in [1.82, 2.24) is 5.32 Å². The fourth-order valence-corrected chi connectivity index (χ4v) is 2.09. The molecule has 0 spiro atoms. The second-order valence-corrected chi connectivity index (χ2v) is 4.26. The van der Waals surface area contributed by atoms with Crippen LogP contribution < -0.4 is 10.1 Å². The lowest BCUT2D eigenvalue weighted by molar-refractivity contribution is 0.0954. The number of rotatable bonds is 6. The molecule has 0 aliphatic rings. The third kappa shape index (κ3) is 3.72. The van der Waals surface area contributed by atoms with E-state index in [1.807, 2.05) is 5.38 Å². The molecule has 3 nitrogen and oxygen atoms in total. The first-order valence-electron chi connectivity index (χ1n) is 4.75. The second kappa shape index (κ2) is 6.69. The van der Waals surface area contributed by atoms with Crippen molar-refractivity contribution >= 4 is 28.8 Å². The molecule has 0 atom stereocenters. The molecule has 0 bridgehead atoms. The summed E-state index contributed by atoms with van der Waals surface area (Å²) in [5.41, 5.74) is 0. The summed E-state index contributed by atoms with van der Waals surface area (Å²) in [5, 5.41) is 4.67. The summed E-state index contributed by atoms with van der Waals surface area (Å²) in [6, 6.07) is 1.79. The number of carbonyl (C=O) groups is 1. The van der Waals surface area contributed by atoms with Gasteiger partial charge in [0, 0.05) is 12.4 Å². The molecule has 1 amide bonds. The highest BCUT2D eigenvalue weighted by molar-refractivity contribution is 7.12. The van der Waals surface area contributed by atoms with Crippen LogP contribution in [-0.4, -0.2) is 25.4 Å². The van der Waals surface area contributed by atoms with Crippen LogP contribution in [-0.2, 0) is 0 Å². The van der Waals surface area contributed by atoms with Gasteiger partial charge in [0.05, 0.1) is 7.11 Å². The van der Waals surface area contributed by atoms with Crippen LogP contribution in [0.25, 0.3) is 0 Å². The standard InChI is InChI=1S/C10H14ClNO2S/c1-14-8-4-7-15-9(8)10(13)12-6-3-2-5-11/h4,7H,2-3,5-6H2,1H3,(H,12,13). The van der Waals surface area contributed by atoms with Crippen molar-refractivity contribution in [2.45, 2.75) is 12.8 Å². The summed E-state index contributed by atoms with van der Waals surface area (Å²) < 4.78 is 5.06. The monoisotopic (exact) mass is 247 g/mol. The minimum Gasteiger partial charge on any atom is -0.495 e. The number of carbonyl (C=O) groups excluding carboxylic acids is 1. The highest BCUT2D eigenvalue weighted by Gasteiger charge is 2.12. The van der Waals surface area contributed by atoms with E-state index in [4.69, 9.17) is 16.3 Å². The van der Waals surface area contributed by atoms with Gasteiger partial charge in [-0.2, -0.15) is 0 Å². The summed E-state index contributed by atoms with van der Waals surface area (Å²) in [4.78, 5) is 12.3. The summed E-state index contributed by atoms with van der Waals surface area (Å²) in [5.74, 6) is 1.20. The Balaban J connectivity index is 2.40. The molecular weight excluding hydrogens is 234 g/mol. The van der Waals surface area contributed by atoms with Crippen molar-refractivity contribution in [3.63, 3.8) is 0 Å². The van der Waals surface area contributed by atoms with Gasteiger partial charge in [-0.1, -0.05) is 0 Å². The van der Waals surface area contributed by atoms with Gasteiger partial charge in [0.15, 0.2) is 0 Å². The van der Waals surface area contributed by atoms with E-state index in [0.717, 1.165) is 12.8 Å². The third-order valence-corrected chi connectivity index (χ3v) is 3.06. The minimum atomic E-state index is -0.0728. The predicted molar refractivity (Wildman–Crippen MR) is 63.2 cm³/mol. The Bertz CT molecular complexity index is 314. The fourth-order valence-electron chi connectivity index (χ4n) is 1.13. The first-order valence-corrected chi connectivity index (χ1v) is 6.16. The van der Waals surface area contributed by atoms with E-state index in [1.165, 1.54) is 11.3 Å². The summed E-state index contributed by atoms with van der Waals surface area (Å²) in [6.45, 7) is 0.659. The predicted octanol–water partition coefficient (Wildman–Crippen LogP) is 2.51. The smallest absolute Gasteiger partial charge is 0.265 e. The van der Waals surface area contributed by atoms with Crippen molar-refractivity contribution < 1.29 is 9.53 Å². The molecule has 0 aliphatic carbocycles. The number of methoxy groups -OCH3 is 1. The van der Waals surface area contributed by atoms with Gasteiger partial charge < -0.3 is 10.1 Å². The van der Waals surface area contributed by atoms with E-state index in [0.29, 0.717) is 23.1 Å². The Kier molecular flexibility index (Phi) is 5.50. The maximum Gasteiger partial charge on any atom is 0.265 e. The Morgan fingerprint density at radius 1 is 1.60 bits per heavy atom. The summed E-state index contributed by atoms with van der Waals surface area (Å²) in [6.07, 6.45) is 1.83. The molecule has 15 heavy (non-hydrogen) atoms. The topological polar surface area (TPSA) is 38.3 Å². The Morgan fingerprint density at radius 2 is 2.40 bits per heavy atom. The van der Waals surface area contributed by atoms with Crippen LogP contribution in [0.1, 0.15) is 22.5 Å². The molecule has 5 heteroatoms. The van der Waals surface area contributed by atoms with Crippen molar-refractivity contribution in [2.24, 2.45) is 0 Å². The van der Waals surface area contributed by atoms with Crippen LogP contribution in [0.2, 0.25) is 0 Å². The highest BCUT2D eigenvalue weighted by atomic mass is 35.5. The lowest BCUT2D eigenvalue weighted by Crippen LogP contribution is -2.23. The molecule has 0 saturated heterocycles. The first-order chi connectivity index (χ1) is 7.29. The lowest BCUT2D eigenvalue weighted by Gasteiger charge is -2.04. The maximum absolute atomic E-state index is 11.6. The third-order valence-electron chi connectivity index (χ3n) is 1.90. The number of nitrogens with one attached hydrogen (secondary N) is 1. The zero-order valence-electron chi connectivity index (χ0n) is 8.59. The maximum atomic E-state index is 11.6. The number of ether oxygens (including phenoxy) is 1. The van der Waals surface area contributed by atoms with Gasteiger partial charge in [0.25, 0.3) is 5.91 Å². The van der Waals surface area contributed by atoms with Crippen LogP contribution in [0.5, 0.6) is 5.75 Å². The summed E-state index contributed by atoms with van der Waals surface area (Å²) >= 11 is 6.92. The van der Waals surface area contributed by atoms with E-state index in [-0.39, 0.29) is 5.91 Å². The molecule has 0 fully saturated rings. The molecular formula is C10H14ClNO2S. The number of thiophene rings is 1. The van der Waals surface area contributed by atoms with Gasteiger partial charge in [-0.3, -0.25) is 4.79 Å². The van der Waals surface area contributed by atoms with Crippen molar-refractivity contribution in [3.8, 4) is 5.75 Å². The van der Waals surface area contributed by atoms with E-state index in [1.54, 1.807) is 13.2 Å². The Labute approximate surface area is 98.4 Å². The number of hydrogen-bond acceptors (Lipinski definition) is 3. The molecule has 1 aromatic rings. The minimum absolute atomic E-state index is 0.0728. The van der Waals surface area contributed by atoms with Crippen LogP contribution in [0.15, 0.2) is 11.4 Å². The number of unbranched alkanes of at least 4 members (excludes halogenated alkanes) is 1. The second-order valence-electron chi connectivity index (χ2n) is 2.97. The largest absolute Gasteiger partial charge is 0.495 e. The molecule has 1 heterocycles. The molecule has 1 aromatic heterocycles. The molecule has 1 rings (SSSR count). The van der Waals surface area contributed by atoms with Crippen LogP contribution in [0.3, 0.4) is 0 Å². The van der Waals surface area contributed by atoms with Gasteiger partial charge >= 0.3 is 0 Å². The summed E-state index contributed by atoms with van der Waals surface area (Å²) in [7, 11) is 1.56. The van der Waals surface area contributed by atoms with Crippen molar-refractivity contribution in [1.29, 1.82) is 0 Å². The molecule has 0 aliphatic heterocycles. The van der Waals surface area contributed by atoms with Gasteiger partial charge in [0.2, 0.25) is 0 Å². The zero-order valence-corrected chi connectivity index (χ0v) is 10.2. The Morgan fingerprint density at radius 3 is 3.07 bits per heavy atom. The number of amides is 1. The average Bonchev–Trinajstić information content (AvgIpc) is 2.72. The number of halogens is 1. The SMILES string of the molecule is COc1ccsc1C(=O)NCCCCCl. The molecule has 0 saturated carbocycles. The molecule has 84 valence electrons. The molecule has 1 N–H and O–H groups in total. The fraction of sp³-hybridized carbons (Fsp3) is 0.500. The molecule has 0 radical (unpaired) electrons. The van der Waals surface area contributed by atoms with Crippen molar-refractivity contribution in [3.05, 3.63) is 16.3 Å². The van der Waals surface area contributed by atoms with Crippen LogP contribution in [0, 0.1) is 0 Å². The number of alkyl halides is 1. The molecule has 0 aromatic carbocycles. The van der Waals surface area contributed by atoms with Crippen molar-refractivity contribution in [2.75, 3.05) is 19.5 Å². The number of hydrogen-bond donors (Lipinski definition) is 1. The van der Waals surface area contributed by atoms with E-state index < -0.39 is 0 Å². The zero-order chi connectivity index (χ0) is 11.1. The van der Waals surface area contributed by atoms with Gasteiger partial charge in [-0.05, 0) is 24.3 Å². The molecule has 0 unspecified atom stereocenters. The van der Waals surface area contributed by atoms with Gasteiger partial charge in [-0.25, -0.2) is 0 Å². The lowest BCUT2D eigenvalue weighted by atomic mass is 10.3. The normalized spacial score (nSPS) is 10.0. The first kappa shape index (κ1) is 12.3. The van der Waals surface area contributed by atoms with E-state index in [9.17, 15) is 4.79 Å². The van der Waals surface area contributed by atoms with E-state index in [2.05, 4.69) is 5.32 Å². The van der Waals surface area contributed by atoms with Gasteiger partial charge in [0.1, 0.15) is 10.6 Å². The highest BCUT2D eigenvalue weighted by Crippen LogP contribution is 2.23. The Hall–Kier alpha value is -0.740. The van der Waals surface area contributed by atoms with Gasteiger partial charge in [-0.15, -0.1) is 22.9 Å². The van der Waals surface area contributed by atoms with Crippen LogP contribution >= 0.6 is 22.9 Å².